The number of aryl methyl sites for hydroxylation is 1. The largest absolute Gasteiger partial charge is 0.290 e. The van der Waals surface area contributed by atoms with Crippen molar-refractivity contribution in [1.29, 1.82) is 0 Å². The number of aromatic amines is 1. The highest BCUT2D eigenvalue weighted by Crippen LogP contribution is 2.20. The Morgan fingerprint density at radius 2 is 1.80 bits per heavy atom. The molecule has 3 rings (SSSR count). The van der Waals surface area contributed by atoms with Gasteiger partial charge in [0.05, 0.1) is 11.4 Å². The Kier molecular flexibility index (Phi) is 3.32. The monoisotopic (exact) mass is 328 g/mol. The van der Waals surface area contributed by atoms with Crippen molar-refractivity contribution in [2.75, 3.05) is 0 Å². The second-order valence-electron chi connectivity index (χ2n) is 4.64. The third-order valence-electron chi connectivity index (χ3n) is 3.20. The zero-order valence-electron chi connectivity index (χ0n) is 10.9. The number of hydrogen-bond donors (Lipinski definition) is 1. The van der Waals surface area contributed by atoms with Crippen molar-refractivity contribution in [3.05, 3.63) is 75.0 Å². The van der Waals surface area contributed by atoms with Crippen molar-refractivity contribution >= 4 is 15.9 Å². The Labute approximate surface area is 125 Å². The average molecular weight is 329 g/mol. The van der Waals surface area contributed by atoms with E-state index in [0.717, 1.165) is 27.0 Å². The highest BCUT2D eigenvalue weighted by atomic mass is 79.9. The second kappa shape index (κ2) is 5.13. The van der Waals surface area contributed by atoms with Gasteiger partial charge in [0.1, 0.15) is 0 Å². The summed E-state index contributed by atoms with van der Waals surface area (Å²) in [5.74, 6) is 0. The summed E-state index contributed by atoms with van der Waals surface area (Å²) in [4.78, 5) is 12.2. The molecule has 1 heterocycles. The van der Waals surface area contributed by atoms with E-state index >= 15 is 0 Å². The van der Waals surface area contributed by atoms with Gasteiger partial charge in [0, 0.05) is 10.5 Å². The molecule has 0 spiro atoms. The maximum absolute atomic E-state index is 12.2. The van der Waals surface area contributed by atoms with Crippen LogP contribution in [0.5, 0.6) is 0 Å². The van der Waals surface area contributed by atoms with E-state index in [0.29, 0.717) is 0 Å². The Morgan fingerprint density at radius 1 is 1.05 bits per heavy atom. The van der Waals surface area contributed by atoms with Gasteiger partial charge in [-0.2, -0.15) is 0 Å². The first-order valence-electron chi connectivity index (χ1n) is 6.29. The lowest BCUT2D eigenvalue weighted by molar-refractivity contribution is 0.845. The summed E-state index contributed by atoms with van der Waals surface area (Å²) in [5.41, 5.74) is 3.65. The molecule has 0 aliphatic heterocycles. The second-order valence-corrected chi connectivity index (χ2v) is 5.56. The molecule has 0 unspecified atom stereocenters. The summed E-state index contributed by atoms with van der Waals surface area (Å²) < 4.78 is 2.58. The van der Waals surface area contributed by atoms with Gasteiger partial charge >= 0.3 is 0 Å². The van der Waals surface area contributed by atoms with Gasteiger partial charge < -0.3 is 0 Å². The van der Waals surface area contributed by atoms with Crippen LogP contribution in [0.3, 0.4) is 0 Å². The van der Waals surface area contributed by atoms with E-state index in [4.69, 9.17) is 0 Å². The summed E-state index contributed by atoms with van der Waals surface area (Å²) in [6.45, 7) is 1.98. The van der Waals surface area contributed by atoms with Crippen molar-refractivity contribution in [2.45, 2.75) is 6.92 Å². The minimum atomic E-state index is -0.0609. The zero-order chi connectivity index (χ0) is 14.1. The van der Waals surface area contributed by atoms with Crippen LogP contribution >= 0.6 is 15.9 Å². The molecule has 4 heteroatoms. The summed E-state index contributed by atoms with van der Waals surface area (Å²) in [6, 6.07) is 17.3. The molecule has 0 radical (unpaired) electrons. The van der Waals surface area contributed by atoms with Crippen LogP contribution in [0.4, 0.5) is 0 Å². The summed E-state index contributed by atoms with van der Waals surface area (Å²) in [7, 11) is 0. The fraction of sp³-hybridized carbons (Fsp3) is 0.0625. The van der Waals surface area contributed by atoms with Gasteiger partial charge in [-0.05, 0) is 36.2 Å². The molecule has 0 saturated carbocycles. The van der Waals surface area contributed by atoms with Crippen molar-refractivity contribution in [2.24, 2.45) is 0 Å². The fourth-order valence-corrected chi connectivity index (χ4v) is 2.69. The molecular formula is C16H13BrN2O. The zero-order valence-corrected chi connectivity index (χ0v) is 12.5. The lowest BCUT2D eigenvalue weighted by Gasteiger charge is -2.06. The molecule has 0 aliphatic carbocycles. The van der Waals surface area contributed by atoms with Crippen molar-refractivity contribution in [3.63, 3.8) is 0 Å². The van der Waals surface area contributed by atoms with Crippen LogP contribution < -0.4 is 5.56 Å². The topological polar surface area (TPSA) is 37.8 Å². The number of rotatable bonds is 2. The molecule has 100 valence electrons. The predicted molar refractivity (Wildman–Crippen MR) is 84.3 cm³/mol. The van der Waals surface area contributed by atoms with E-state index < -0.39 is 0 Å². The first kappa shape index (κ1) is 12.9. The maximum atomic E-state index is 12.2. The normalized spacial score (nSPS) is 10.7. The molecular weight excluding hydrogens is 316 g/mol. The Balaban J connectivity index is 2.12. The van der Waals surface area contributed by atoms with E-state index in [1.807, 2.05) is 55.5 Å². The molecule has 3 aromatic rings. The molecule has 1 N–H and O–H groups in total. The van der Waals surface area contributed by atoms with Gasteiger partial charge in [-0.15, -0.1) is 0 Å². The minimum absolute atomic E-state index is 0.0609. The molecule has 0 atom stereocenters. The Morgan fingerprint density at radius 3 is 2.50 bits per heavy atom. The lowest BCUT2D eigenvalue weighted by Crippen LogP contribution is -2.14. The van der Waals surface area contributed by atoms with Crippen molar-refractivity contribution in [3.8, 4) is 16.9 Å². The van der Waals surface area contributed by atoms with E-state index in [9.17, 15) is 4.79 Å². The fourth-order valence-electron chi connectivity index (χ4n) is 2.21. The first-order chi connectivity index (χ1) is 9.65. The van der Waals surface area contributed by atoms with Crippen LogP contribution in [0.25, 0.3) is 16.9 Å². The van der Waals surface area contributed by atoms with E-state index in [-0.39, 0.29) is 5.56 Å². The third-order valence-corrected chi connectivity index (χ3v) is 3.70. The van der Waals surface area contributed by atoms with E-state index in [1.165, 1.54) is 0 Å². The molecule has 1 aromatic heterocycles. The third kappa shape index (κ3) is 2.34. The van der Waals surface area contributed by atoms with Crippen molar-refractivity contribution in [1.82, 2.24) is 9.78 Å². The van der Waals surface area contributed by atoms with Crippen LogP contribution in [0.1, 0.15) is 5.56 Å². The van der Waals surface area contributed by atoms with E-state index in [1.54, 1.807) is 10.7 Å². The number of aromatic nitrogens is 2. The Hall–Kier alpha value is -2.07. The number of benzene rings is 2. The number of H-pyrrole nitrogens is 1. The molecule has 0 aliphatic rings. The SMILES string of the molecule is Cc1cc(Br)ccc1-n1[nH]c(-c2ccccc2)cc1=O. The van der Waals surface area contributed by atoms with Crippen molar-refractivity contribution < 1.29 is 0 Å². The van der Waals surface area contributed by atoms with Crippen LogP contribution in [0, 0.1) is 6.92 Å². The van der Waals surface area contributed by atoms with Gasteiger partial charge in [0.25, 0.3) is 5.56 Å². The van der Waals surface area contributed by atoms with E-state index in [2.05, 4.69) is 21.0 Å². The van der Waals surface area contributed by atoms with Gasteiger partial charge in [-0.1, -0.05) is 46.3 Å². The van der Waals surface area contributed by atoms with Gasteiger partial charge in [-0.25, -0.2) is 4.68 Å². The van der Waals surface area contributed by atoms with Crippen LogP contribution in [0.15, 0.2) is 63.9 Å². The quantitative estimate of drug-likeness (QED) is 0.761. The molecule has 0 saturated heterocycles. The molecule has 2 aromatic carbocycles. The molecule has 0 amide bonds. The lowest BCUT2D eigenvalue weighted by atomic mass is 10.2. The molecule has 20 heavy (non-hydrogen) atoms. The minimum Gasteiger partial charge on any atom is -0.290 e. The standard InChI is InChI=1S/C16H13BrN2O/c1-11-9-13(17)7-8-15(11)19-16(20)10-14(18-19)12-5-3-2-4-6-12/h2-10,18H,1H3. The summed E-state index contributed by atoms with van der Waals surface area (Å²) >= 11 is 3.43. The maximum Gasteiger partial charge on any atom is 0.271 e. The number of nitrogens with one attached hydrogen (secondary N) is 1. The Bertz CT molecular complexity index is 803. The van der Waals surface area contributed by atoms with Gasteiger partial charge in [0.15, 0.2) is 0 Å². The van der Waals surface area contributed by atoms with Crippen LogP contribution in [-0.4, -0.2) is 9.78 Å². The first-order valence-corrected chi connectivity index (χ1v) is 7.08. The molecule has 0 bridgehead atoms. The molecule has 3 nitrogen and oxygen atoms in total. The van der Waals surface area contributed by atoms with Crippen LogP contribution in [0.2, 0.25) is 0 Å². The highest BCUT2D eigenvalue weighted by molar-refractivity contribution is 9.10. The number of hydrogen-bond acceptors (Lipinski definition) is 1. The number of halogens is 1. The predicted octanol–water partition coefficient (Wildman–Crippen LogP) is 3.90. The number of nitrogens with zero attached hydrogens (tertiary/aromatic N) is 1. The summed E-state index contributed by atoms with van der Waals surface area (Å²) in [5, 5.41) is 3.16. The summed E-state index contributed by atoms with van der Waals surface area (Å²) in [6.07, 6.45) is 0. The van der Waals surface area contributed by atoms with Crippen LogP contribution in [-0.2, 0) is 0 Å². The van der Waals surface area contributed by atoms with Gasteiger partial charge in [0.2, 0.25) is 0 Å². The molecule has 0 fully saturated rings. The highest BCUT2D eigenvalue weighted by Gasteiger charge is 2.08. The average Bonchev–Trinajstić information content (AvgIpc) is 2.82. The van der Waals surface area contributed by atoms with Gasteiger partial charge in [-0.3, -0.25) is 9.89 Å². The smallest absolute Gasteiger partial charge is 0.271 e.